The summed E-state index contributed by atoms with van der Waals surface area (Å²) < 4.78 is 0. The summed E-state index contributed by atoms with van der Waals surface area (Å²) in [6.07, 6.45) is 5.51. The maximum Gasteiger partial charge on any atom is 0.251 e. The van der Waals surface area contributed by atoms with Gasteiger partial charge in [-0.15, -0.1) is 0 Å². The van der Waals surface area contributed by atoms with Gasteiger partial charge in [-0.25, -0.2) is 4.99 Å². The Kier molecular flexibility index (Phi) is 6.53. The fourth-order valence-electron chi connectivity index (χ4n) is 4.24. The van der Waals surface area contributed by atoms with Crippen LogP contribution in [0.5, 0.6) is 0 Å². The van der Waals surface area contributed by atoms with E-state index in [4.69, 9.17) is 4.99 Å². The Morgan fingerprint density at radius 3 is 2.46 bits per heavy atom. The van der Waals surface area contributed by atoms with Gasteiger partial charge in [-0.05, 0) is 56.2 Å². The van der Waals surface area contributed by atoms with Gasteiger partial charge in [-0.3, -0.25) is 4.79 Å². The molecule has 2 N–H and O–H groups in total. The monoisotopic (exact) mass is 356 g/mol. The zero-order chi connectivity index (χ0) is 18.4. The van der Waals surface area contributed by atoms with Crippen molar-refractivity contribution in [3.05, 3.63) is 35.4 Å². The van der Waals surface area contributed by atoms with Crippen LogP contribution in [0.3, 0.4) is 0 Å². The molecule has 1 saturated heterocycles. The molecule has 5 nitrogen and oxygen atoms in total. The summed E-state index contributed by atoms with van der Waals surface area (Å²) in [5.74, 6) is 2.68. The molecular formula is C21H32N4O. The van der Waals surface area contributed by atoms with Gasteiger partial charge >= 0.3 is 0 Å². The lowest BCUT2D eigenvalue weighted by Gasteiger charge is -2.22. The van der Waals surface area contributed by atoms with Crippen LogP contribution in [-0.2, 0) is 6.54 Å². The van der Waals surface area contributed by atoms with Crippen molar-refractivity contribution in [2.24, 2.45) is 16.8 Å². The number of nitrogens with one attached hydrogen (secondary N) is 2. The predicted octanol–water partition coefficient (Wildman–Crippen LogP) is 3.02. The highest BCUT2D eigenvalue weighted by atomic mass is 16.1. The molecule has 1 heterocycles. The summed E-state index contributed by atoms with van der Waals surface area (Å²) in [7, 11) is 0. The number of amides is 1. The zero-order valence-corrected chi connectivity index (χ0v) is 16.1. The third-order valence-electron chi connectivity index (χ3n) is 5.55. The van der Waals surface area contributed by atoms with Crippen molar-refractivity contribution in [2.45, 2.75) is 46.1 Å². The molecule has 1 aliphatic carbocycles. The summed E-state index contributed by atoms with van der Waals surface area (Å²) in [6, 6.07) is 7.78. The maximum absolute atomic E-state index is 12.0. The van der Waals surface area contributed by atoms with E-state index in [1.54, 1.807) is 0 Å². The summed E-state index contributed by atoms with van der Waals surface area (Å²) in [5.41, 5.74) is 1.78. The molecule has 142 valence electrons. The number of fused-ring (bicyclic) bond motifs is 1. The molecule has 0 aromatic heterocycles. The summed E-state index contributed by atoms with van der Waals surface area (Å²) >= 11 is 0. The van der Waals surface area contributed by atoms with E-state index in [0.717, 1.165) is 43.0 Å². The number of benzene rings is 1. The number of carbonyl (C=O) groups excluding carboxylic acids is 1. The van der Waals surface area contributed by atoms with E-state index in [1.165, 1.54) is 25.7 Å². The van der Waals surface area contributed by atoms with Crippen LogP contribution in [0.1, 0.15) is 55.5 Å². The first-order chi connectivity index (χ1) is 12.7. The minimum absolute atomic E-state index is 0.0196. The molecule has 2 atom stereocenters. The second-order valence-corrected chi connectivity index (χ2v) is 7.44. The Hall–Kier alpha value is -2.04. The van der Waals surface area contributed by atoms with Crippen molar-refractivity contribution >= 4 is 11.9 Å². The lowest BCUT2D eigenvalue weighted by atomic mass is 9.82. The highest BCUT2D eigenvalue weighted by molar-refractivity contribution is 5.94. The molecule has 26 heavy (non-hydrogen) atoms. The molecule has 5 heteroatoms. The second kappa shape index (κ2) is 9.06. The first-order valence-corrected chi connectivity index (χ1v) is 10.1. The summed E-state index contributed by atoms with van der Waals surface area (Å²) in [4.78, 5) is 19.3. The number of carbonyl (C=O) groups is 1. The fraction of sp³-hybridized carbons (Fsp3) is 0.619. The van der Waals surface area contributed by atoms with Crippen LogP contribution in [0.25, 0.3) is 0 Å². The number of aliphatic imine (C=N–C) groups is 1. The number of likely N-dealkylation sites (tertiary alicyclic amines) is 1. The molecule has 0 radical (unpaired) electrons. The van der Waals surface area contributed by atoms with Crippen molar-refractivity contribution < 1.29 is 4.79 Å². The summed E-state index contributed by atoms with van der Waals surface area (Å²) in [5, 5.41) is 6.31. The van der Waals surface area contributed by atoms with E-state index in [2.05, 4.69) is 22.5 Å². The normalized spacial score (nSPS) is 22.8. The third-order valence-corrected chi connectivity index (χ3v) is 5.55. The van der Waals surface area contributed by atoms with Crippen LogP contribution in [0.2, 0.25) is 0 Å². The second-order valence-electron chi connectivity index (χ2n) is 7.44. The third kappa shape index (κ3) is 4.57. The van der Waals surface area contributed by atoms with Crippen LogP contribution >= 0.6 is 0 Å². The molecule has 0 bridgehead atoms. The van der Waals surface area contributed by atoms with Gasteiger partial charge in [-0.2, -0.15) is 0 Å². The lowest BCUT2D eigenvalue weighted by Crippen LogP contribution is -2.40. The van der Waals surface area contributed by atoms with E-state index < -0.39 is 0 Å². The van der Waals surface area contributed by atoms with E-state index >= 15 is 0 Å². The zero-order valence-electron chi connectivity index (χ0n) is 16.1. The molecular weight excluding hydrogens is 324 g/mol. The van der Waals surface area contributed by atoms with Crippen LogP contribution in [0.15, 0.2) is 29.3 Å². The highest BCUT2D eigenvalue weighted by Gasteiger charge is 2.35. The van der Waals surface area contributed by atoms with Gasteiger partial charge < -0.3 is 15.5 Å². The average Bonchev–Trinajstić information content (AvgIpc) is 3.09. The maximum atomic E-state index is 12.0. The van der Waals surface area contributed by atoms with Gasteiger partial charge in [0.1, 0.15) is 0 Å². The summed E-state index contributed by atoms with van der Waals surface area (Å²) in [6.45, 7) is 8.44. The Labute approximate surface area is 157 Å². The molecule has 1 aliphatic heterocycles. The lowest BCUT2D eigenvalue weighted by molar-refractivity contribution is 0.0955. The van der Waals surface area contributed by atoms with Crippen molar-refractivity contribution in [3.8, 4) is 0 Å². The van der Waals surface area contributed by atoms with E-state index in [1.807, 2.05) is 31.2 Å². The standard InChI is InChI=1S/C21H32N4O/c1-3-22-20(26)17-11-7-8-16(12-17)13-24-21(23-4-2)25-14-18-9-5-6-10-19(18)15-25/h7-8,11-12,18-19H,3-6,9-10,13-15H2,1-2H3,(H,22,26)(H,23,24). The molecule has 2 unspecified atom stereocenters. The number of hydrogen-bond donors (Lipinski definition) is 2. The topological polar surface area (TPSA) is 56.7 Å². The van der Waals surface area contributed by atoms with Crippen molar-refractivity contribution in [3.63, 3.8) is 0 Å². The van der Waals surface area contributed by atoms with Crippen molar-refractivity contribution in [2.75, 3.05) is 26.2 Å². The van der Waals surface area contributed by atoms with Gasteiger partial charge in [-0.1, -0.05) is 25.0 Å². The van der Waals surface area contributed by atoms with Crippen LogP contribution in [0, 0.1) is 11.8 Å². The van der Waals surface area contributed by atoms with Crippen molar-refractivity contribution in [1.82, 2.24) is 15.5 Å². The van der Waals surface area contributed by atoms with Gasteiger partial charge in [0, 0.05) is 31.7 Å². The number of rotatable bonds is 5. The van der Waals surface area contributed by atoms with E-state index in [-0.39, 0.29) is 5.91 Å². The SMILES string of the molecule is CCNC(=O)c1cccc(CN=C(NCC)N2CC3CCCCC3C2)c1. The van der Waals surface area contributed by atoms with Crippen LogP contribution in [-0.4, -0.2) is 42.9 Å². The largest absolute Gasteiger partial charge is 0.357 e. The molecule has 2 aliphatic rings. The predicted molar refractivity (Wildman–Crippen MR) is 106 cm³/mol. The average molecular weight is 357 g/mol. The van der Waals surface area contributed by atoms with Gasteiger partial charge in [0.25, 0.3) is 5.91 Å². The number of nitrogens with zero attached hydrogens (tertiary/aromatic N) is 2. The minimum atomic E-state index is -0.0196. The molecule has 1 saturated carbocycles. The van der Waals surface area contributed by atoms with Gasteiger partial charge in [0.15, 0.2) is 5.96 Å². The van der Waals surface area contributed by atoms with Crippen molar-refractivity contribution in [1.29, 1.82) is 0 Å². The highest BCUT2D eigenvalue weighted by Crippen LogP contribution is 2.35. The fourth-order valence-corrected chi connectivity index (χ4v) is 4.24. The molecule has 1 aromatic carbocycles. The first kappa shape index (κ1) is 18.7. The Morgan fingerprint density at radius 2 is 1.81 bits per heavy atom. The molecule has 1 aromatic rings. The smallest absolute Gasteiger partial charge is 0.251 e. The molecule has 3 rings (SSSR count). The molecule has 1 amide bonds. The number of hydrogen-bond acceptors (Lipinski definition) is 2. The quantitative estimate of drug-likeness (QED) is 0.630. The van der Waals surface area contributed by atoms with E-state index in [9.17, 15) is 4.79 Å². The van der Waals surface area contributed by atoms with Gasteiger partial charge in [0.05, 0.1) is 6.54 Å². The molecule has 0 spiro atoms. The Morgan fingerprint density at radius 1 is 1.12 bits per heavy atom. The minimum Gasteiger partial charge on any atom is -0.357 e. The van der Waals surface area contributed by atoms with E-state index in [0.29, 0.717) is 18.7 Å². The van der Waals surface area contributed by atoms with Gasteiger partial charge in [0.2, 0.25) is 0 Å². The Bertz CT molecular complexity index is 629. The first-order valence-electron chi connectivity index (χ1n) is 10.1. The van der Waals surface area contributed by atoms with Crippen LogP contribution < -0.4 is 10.6 Å². The number of guanidine groups is 1. The van der Waals surface area contributed by atoms with Crippen LogP contribution in [0.4, 0.5) is 0 Å². The Balaban J connectivity index is 1.68. The molecule has 2 fully saturated rings.